The molecule has 1 aliphatic heterocycles. The van der Waals surface area contributed by atoms with Crippen LogP contribution in [0.15, 0.2) is 51.9 Å². The smallest absolute Gasteiger partial charge is 0.231 e. The van der Waals surface area contributed by atoms with Crippen LogP contribution in [-0.2, 0) is 6.42 Å². The molecular formula is C21H18BrN3O2S. The first-order valence-corrected chi connectivity index (χ1v) is 10.4. The predicted octanol–water partition coefficient (Wildman–Crippen LogP) is 5.53. The van der Waals surface area contributed by atoms with Gasteiger partial charge in [0, 0.05) is 28.4 Å². The second kappa shape index (κ2) is 8.16. The fraction of sp³-hybridized carbons (Fsp3) is 0.143. The summed E-state index contributed by atoms with van der Waals surface area (Å²) in [6, 6.07) is 14.0. The summed E-state index contributed by atoms with van der Waals surface area (Å²) in [5, 5.41) is 14.2. The Labute approximate surface area is 175 Å². The lowest BCUT2D eigenvalue weighted by Gasteiger charge is -2.04. The quantitative estimate of drug-likeness (QED) is 0.512. The maximum absolute atomic E-state index is 10.2. The molecule has 7 heteroatoms. The van der Waals surface area contributed by atoms with Gasteiger partial charge < -0.3 is 15.2 Å². The summed E-state index contributed by atoms with van der Waals surface area (Å²) in [5.74, 6) is 0.879. The molecule has 142 valence electrons. The minimum Gasteiger partial charge on any atom is -0.497 e. The first kappa shape index (κ1) is 18.7. The molecule has 0 aliphatic carbocycles. The summed E-state index contributed by atoms with van der Waals surface area (Å²) < 4.78 is 6.17. The zero-order valence-corrected chi connectivity index (χ0v) is 17.5. The molecule has 0 bridgehead atoms. The number of benzene rings is 2. The van der Waals surface area contributed by atoms with Crippen molar-refractivity contribution in [3.63, 3.8) is 0 Å². The maximum atomic E-state index is 10.2. The van der Waals surface area contributed by atoms with Gasteiger partial charge >= 0.3 is 0 Å². The Morgan fingerprint density at radius 1 is 1.21 bits per heavy atom. The highest BCUT2D eigenvalue weighted by Crippen LogP contribution is 2.37. The fourth-order valence-corrected chi connectivity index (χ4v) is 4.11. The van der Waals surface area contributed by atoms with E-state index in [0.717, 1.165) is 40.0 Å². The van der Waals surface area contributed by atoms with Gasteiger partial charge in [0.2, 0.25) is 5.88 Å². The lowest BCUT2D eigenvalue weighted by Crippen LogP contribution is -2.04. The molecular weight excluding hydrogens is 438 g/mol. The van der Waals surface area contributed by atoms with Crippen LogP contribution >= 0.6 is 27.3 Å². The van der Waals surface area contributed by atoms with Crippen LogP contribution in [0.5, 0.6) is 11.6 Å². The van der Waals surface area contributed by atoms with Crippen LogP contribution < -0.4 is 10.1 Å². The third-order valence-electron chi connectivity index (χ3n) is 4.38. The number of methoxy groups -OCH3 is 1. The van der Waals surface area contributed by atoms with E-state index in [0.29, 0.717) is 10.0 Å². The Morgan fingerprint density at radius 3 is 2.82 bits per heavy atom. The molecule has 5 nitrogen and oxygen atoms in total. The molecule has 2 heterocycles. The molecule has 0 unspecified atom stereocenters. The van der Waals surface area contributed by atoms with Crippen LogP contribution in [-0.4, -0.2) is 30.0 Å². The molecule has 0 spiro atoms. The van der Waals surface area contributed by atoms with E-state index < -0.39 is 0 Å². The van der Waals surface area contributed by atoms with Gasteiger partial charge in [-0.15, -0.1) is 0 Å². The van der Waals surface area contributed by atoms with Crippen molar-refractivity contribution in [2.75, 3.05) is 19.0 Å². The summed E-state index contributed by atoms with van der Waals surface area (Å²) in [6.45, 7) is 0.729. The van der Waals surface area contributed by atoms with Gasteiger partial charge in [-0.25, -0.2) is 0 Å². The largest absolute Gasteiger partial charge is 0.497 e. The van der Waals surface area contributed by atoms with Crippen molar-refractivity contribution < 1.29 is 9.84 Å². The zero-order valence-electron chi connectivity index (χ0n) is 15.1. The monoisotopic (exact) mass is 455 g/mol. The van der Waals surface area contributed by atoms with Crippen molar-refractivity contribution in [3.8, 4) is 11.6 Å². The van der Waals surface area contributed by atoms with Crippen LogP contribution in [0.3, 0.4) is 0 Å². The number of anilines is 1. The number of aliphatic imine (C=N–C) groups is 1. The van der Waals surface area contributed by atoms with E-state index in [1.165, 1.54) is 16.9 Å². The van der Waals surface area contributed by atoms with Gasteiger partial charge in [0.15, 0.2) is 5.13 Å². The van der Waals surface area contributed by atoms with Crippen LogP contribution in [0.1, 0.15) is 16.0 Å². The van der Waals surface area contributed by atoms with Crippen LogP contribution in [0.4, 0.5) is 10.8 Å². The van der Waals surface area contributed by atoms with Gasteiger partial charge in [-0.1, -0.05) is 39.4 Å². The van der Waals surface area contributed by atoms with E-state index in [1.54, 1.807) is 7.11 Å². The van der Waals surface area contributed by atoms with Gasteiger partial charge in [0.05, 0.1) is 17.7 Å². The highest BCUT2D eigenvalue weighted by molar-refractivity contribution is 9.10. The van der Waals surface area contributed by atoms with Crippen molar-refractivity contribution in [2.24, 2.45) is 4.99 Å². The molecule has 0 saturated carbocycles. The number of hydrogen-bond acceptors (Lipinski definition) is 6. The Hall–Kier alpha value is -2.64. The Balaban J connectivity index is 1.43. The molecule has 0 saturated heterocycles. The van der Waals surface area contributed by atoms with Gasteiger partial charge in [0.25, 0.3) is 0 Å². The molecule has 2 N–H and O–H groups in total. The molecule has 2 aromatic carbocycles. The average Bonchev–Trinajstić information content (AvgIpc) is 3.26. The molecule has 0 amide bonds. The zero-order chi connectivity index (χ0) is 19.5. The van der Waals surface area contributed by atoms with E-state index in [-0.39, 0.29) is 5.88 Å². The number of allylic oxidation sites excluding steroid dienone is 1. The van der Waals surface area contributed by atoms with Crippen molar-refractivity contribution in [1.29, 1.82) is 0 Å². The normalized spacial score (nSPS) is 13.7. The van der Waals surface area contributed by atoms with E-state index >= 15 is 0 Å². The standard InChI is InChI=1S/C21H18BrN3O2S/c1-27-16-5-2-13(3-6-16)8-9-23-21-25-20(26)19(28-21)10-14-12-24-18-7-4-15(22)11-17(14)18/h2-7,10-12,26H,8-9H2,1H3,(H,23,25)/b14-10-. The highest BCUT2D eigenvalue weighted by atomic mass is 79.9. The minimum absolute atomic E-state index is 0.0290. The van der Waals surface area contributed by atoms with Gasteiger partial charge in [-0.05, 0) is 48.4 Å². The number of ether oxygens (including phenoxy) is 1. The number of hydrogen-bond donors (Lipinski definition) is 2. The van der Waals surface area contributed by atoms with Gasteiger partial charge in [-0.3, -0.25) is 4.99 Å². The fourth-order valence-electron chi connectivity index (χ4n) is 2.92. The van der Waals surface area contributed by atoms with E-state index in [2.05, 4.69) is 31.2 Å². The molecule has 0 radical (unpaired) electrons. The molecule has 4 rings (SSSR count). The number of nitrogens with zero attached hydrogens (tertiary/aromatic N) is 2. The molecule has 0 atom stereocenters. The molecule has 0 fully saturated rings. The molecule has 1 aliphatic rings. The van der Waals surface area contributed by atoms with Crippen molar-refractivity contribution in [3.05, 3.63) is 62.9 Å². The topological polar surface area (TPSA) is 66.7 Å². The first-order chi connectivity index (χ1) is 13.6. The first-order valence-electron chi connectivity index (χ1n) is 8.74. The third kappa shape index (κ3) is 4.10. The van der Waals surface area contributed by atoms with Crippen LogP contribution in [0.2, 0.25) is 0 Å². The number of nitrogens with one attached hydrogen (secondary N) is 1. The summed E-state index contributed by atoms with van der Waals surface area (Å²) in [7, 11) is 1.66. The number of fused-ring (bicyclic) bond motifs is 1. The summed E-state index contributed by atoms with van der Waals surface area (Å²) >= 11 is 4.92. The summed E-state index contributed by atoms with van der Waals surface area (Å²) in [4.78, 5) is 9.35. The Kier molecular flexibility index (Phi) is 5.45. The molecule has 3 aromatic rings. The Morgan fingerprint density at radius 2 is 2.04 bits per heavy atom. The number of halogens is 1. The number of aromatic hydroxyl groups is 1. The van der Waals surface area contributed by atoms with Crippen molar-refractivity contribution in [2.45, 2.75) is 6.42 Å². The predicted molar refractivity (Wildman–Crippen MR) is 119 cm³/mol. The average molecular weight is 456 g/mol. The highest BCUT2D eigenvalue weighted by Gasteiger charge is 2.15. The Bertz CT molecular complexity index is 1060. The second-order valence-electron chi connectivity index (χ2n) is 6.25. The lowest BCUT2D eigenvalue weighted by atomic mass is 10.1. The number of thiazole rings is 1. The van der Waals surface area contributed by atoms with Crippen LogP contribution in [0.25, 0.3) is 11.6 Å². The third-order valence-corrected chi connectivity index (χ3v) is 5.82. The van der Waals surface area contributed by atoms with Crippen molar-refractivity contribution >= 4 is 55.9 Å². The molecule has 28 heavy (non-hydrogen) atoms. The number of aromatic nitrogens is 1. The molecule has 1 aromatic heterocycles. The van der Waals surface area contributed by atoms with Gasteiger partial charge in [0.1, 0.15) is 5.75 Å². The second-order valence-corrected chi connectivity index (χ2v) is 8.20. The number of rotatable bonds is 6. The van der Waals surface area contributed by atoms with E-state index in [4.69, 9.17) is 4.74 Å². The SMILES string of the molecule is COc1ccc(CCNc2nc(O)c(/C=C3/C=Nc4ccc(Br)cc43)s2)cc1. The van der Waals surface area contributed by atoms with E-state index in [9.17, 15) is 5.11 Å². The summed E-state index contributed by atoms with van der Waals surface area (Å²) in [5.41, 5.74) is 4.13. The lowest BCUT2D eigenvalue weighted by molar-refractivity contribution is 0.414. The van der Waals surface area contributed by atoms with Crippen LogP contribution in [0, 0.1) is 0 Å². The minimum atomic E-state index is 0.0290. The van der Waals surface area contributed by atoms with Crippen molar-refractivity contribution in [1.82, 2.24) is 4.98 Å². The van der Waals surface area contributed by atoms with E-state index in [1.807, 2.05) is 54.8 Å². The maximum Gasteiger partial charge on any atom is 0.231 e. The van der Waals surface area contributed by atoms with Gasteiger partial charge in [-0.2, -0.15) is 4.98 Å². The summed E-state index contributed by atoms with van der Waals surface area (Å²) in [6.07, 6.45) is 4.59.